The lowest BCUT2D eigenvalue weighted by atomic mass is 10.3. The van der Waals surface area contributed by atoms with Crippen molar-refractivity contribution in [2.24, 2.45) is 0 Å². The summed E-state index contributed by atoms with van der Waals surface area (Å²) in [7, 11) is -2.72. The van der Waals surface area contributed by atoms with E-state index in [1.54, 1.807) is 0 Å². The molecule has 0 aliphatic heterocycles. The van der Waals surface area contributed by atoms with Gasteiger partial charge in [0.25, 0.3) is 5.69 Å². The molecule has 1 unspecified atom stereocenters. The number of nitro groups is 1. The van der Waals surface area contributed by atoms with Gasteiger partial charge >= 0.3 is 0 Å². The zero-order chi connectivity index (χ0) is 14.8. The van der Waals surface area contributed by atoms with Crippen LogP contribution in [0.1, 0.15) is 6.92 Å². The van der Waals surface area contributed by atoms with Gasteiger partial charge in [-0.2, -0.15) is 4.31 Å². The highest BCUT2D eigenvalue weighted by molar-refractivity contribution is 7.89. The number of aliphatic hydroxyl groups excluding tert-OH is 1. The van der Waals surface area contributed by atoms with Crippen LogP contribution in [0.15, 0.2) is 23.1 Å². The lowest BCUT2D eigenvalue weighted by Gasteiger charge is -2.19. The highest BCUT2D eigenvalue weighted by Crippen LogP contribution is 2.28. The van der Waals surface area contributed by atoms with Crippen LogP contribution in [-0.2, 0) is 10.0 Å². The Hall–Kier alpha value is -1.22. The Morgan fingerprint density at radius 1 is 1.53 bits per heavy atom. The number of rotatable bonds is 5. The fraction of sp³-hybridized carbons (Fsp3) is 0.400. The molecule has 0 radical (unpaired) electrons. The third-order valence-electron chi connectivity index (χ3n) is 2.34. The fourth-order valence-corrected chi connectivity index (χ4v) is 3.18. The van der Waals surface area contributed by atoms with E-state index in [0.29, 0.717) is 0 Å². The smallest absolute Gasteiger partial charge is 0.270 e. The number of hydrogen-bond acceptors (Lipinski definition) is 5. The van der Waals surface area contributed by atoms with Crippen LogP contribution in [0.2, 0.25) is 5.02 Å². The van der Waals surface area contributed by atoms with Crippen molar-refractivity contribution in [3.63, 3.8) is 0 Å². The molecule has 0 spiro atoms. The molecule has 9 heteroatoms. The maximum absolute atomic E-state index is 12.2. The zero-order valence-corrected chi connectivity index (χ0v) is 11.8. The van der Waals surface area contributed by atoms with Crippen molar-refractivity contribution in [2.45, 2.75) is 17.9 Å². The maximum Gasteiger partial charge on any atom is 0.270 e. The molecule has 1 aromatic carbocycles. The Morgan fingerprint density at radius 3 is 2.58 bits per heavy atom. The number of hydrogen-bond donors (Lipinski definition) is 1. The lowest BCUT2D eigenvalue weighted by Crippen LogP contribution is -2.33. The average molecular weight is 309 g/mol. The maximum atomic E-state index is 12.2. The molecule has 0 amide bonds. The van der Waals surface area contributed by atoms with Crippen LogP contribution in [-0.4, -0.2) is 42.4 Å². The number of halogens is 1. The van der Waals surface area contributed by atoms with Crippen molar-refractivity contribution < 1.29 is 18.4 Å². The highest BCUT2D eigenvalue weighted by Gasteiger charge is 2.26. The van der Waals surface area contributed by atoms with Crippen LogP contribution in [0.25, 0.3) is 0 Å². The van der Waals surface area contributed by atoms with Gasteiger partial charge in [-0.1, -0.05) is 11.6 Å². The van der Waals surface area contributed by atoms with E-state index in [2.05, 4.69) is 0 Å². The molecule has 0 saturated carbocycles. The van der Waals surface area contributed by atoms with Crippen LogP contribution in [0.3, 0.4) is 0 Å². The van der Waals surface area contributed by atoms with Gasteiger partial charge in [0, 0.05) is 25.7 Å². The van der Waals surface area contributed by atoms with Crippen molar-refractivity contribution in [1.29, 1.82) is 0 Å². The fourth-order valence-electron chi connectivity index (χ4n) is 1.44. The molecule has 7 nitrogen and oxygen atoms in total. The first-order chi connectivity index (χ1) is 8.66. The summed E-state index contributed by atoms with van der Waals surface area (Å²) in [5.41, 5.74) is -0.367. The summed E-state index contributed by atoms with van der Waals surface area (Å²) in [5.74, 6) is 0. The number of sulfonamides is 1. The van der Waals surface area contributed by atoms with E-state index in [4.69, 9.17) is 11.6 Å². The minimum Gasteiger partial charge on any atom is -0.392 e. The van der Waals surface area contributed by atoms with Gasteiger partial charge < -0.3 is 5.11 Å². The number of benzene rings is 1. The van der Waals surface area contributed by atoms with Crippen molar-refractivity contribution in [2.75, 3.05) is 13.6 Å². The summed E-state index contributed by atoms with van der Waals surface area (Å²) in [6.07, 6.45) is -0.864. The van der Waals surface area contributed by atoms with E-state index in [0.717, 1.165) is 22.5 Å². The molecule has 0 bridgehead atoms. The molecule has 0 aromatic heterocycles. The van der Waals surface area contributed by atoms with Crippen LogP contribution in [0, 0.1) is 10.1 Å². The molecule has 0 aliphatic rings. The number of nitro benzene ring substituents is 1. The highest BCUT2D eigenvalue weighted by atomic mass is 35.5. The molecule has 1 N–H and O–H groups in total. The SMILES string of the molecule is CC(O)CN(C)S(=O)(=O)c1cc([N+](=O)[O-])ccc1Cl. The van der Waals surface area contributed by atoms with Crippen LogP contribution in [0.4, 0.5) is 5.69 Å². The average Bonchev–Trinajstić information content (AvgIpc) is 2.27. The van der Waals surface area contributed by atoms with E-state index < -0.39 is 21.1 Å². The third kappa shape index (κ3) is 3.63. The number of non-ortho nitro benzene ring substituents is 1. The standard InChI is InChI=1S/C10H13ClN2O5S/c1-7(14)6-12(2)19(17,18)10-5-8(13(15)16)3-4-9(10)11/h3-5,7,14H,6H2,1-2H3. The van der Waals surface area contributed by atoms with Crippen LogP contribution < -0.4 is 0 Å². The van der Waals surface area contributed by atoms with Gasteiger partial charge in [0.05, 0.1) is 16.0 Å². The molecule has 0 saturated heterocycles. The lowest BCUT2D eigenvalue weighted by molar-refractivity contribution is -0.385. The second-order valence-electron chi connectivity index (χ2n) is 4.01. The summed E-state index contributed by atoms with van der Waals surface area (Å²) in [4.78, 5) is 9.59. The normalized spacial score (nSPS) is 13.5. The number of nitrogens with zero attached hydrogens (tertiary/aromatic N) is 2. The second kappa shape index (κ2) is 5.83. The van der Waals surface area contributed by atoms with Crippen LogP contribution in [0.5, 0.6) is 0 Å². The van der Waals surface area contributed by atoms with Crippen molar-refractivity contribution in [3.8, 4) is 0 Å². The van der Waals surface area contributed by atoms with Gasteiger partial charge in [0.2, 0.25) is 10.0 Å². The predicted molar refractivity (Wildman–Crippen MR) is 69.6 cm³/mol. The molecule has 1 aromatic rings. The summed E-state index contributed by atoms with van der Waals surface area (Å²) in [6.45, 7) is 1.29. The summed E-state index contributed by atoms with van der Waals surface area (Å²) < 4.78 is 25.2. The van der Waals surface area contributed by atoms with Crippen molar-refractivity contribution >= 4 is 27.3 Å². The molecule has 0 fully saturated rings. The molecular formula is C10H13ClN2O5S. The predicted octanol–water partition coefficient (Wildman–Crippen LogP) is 1.25. The Balaban J connectivity index is 3.28. The quantitative estimate of drug-likeness (QED) is 0.651. The monoisotopic (exact) mass is 308 g/mol. The molecule has 19 heavy (non-hydrogen) atoms. The Kier molecular flexibility index (Phi) is 4.86. The van der Waals surface area contributed by atoms with Gasteiger partial charge in [0.15, 0.2) is 0 Å². The number of likely N-dealkylation sites (N-methyl/N-ethyl adjacent to an activating group) is 1. The molecular weight excluding hydrogens is 296 g/mol. The van der Waals surface area contributed by atoms with E-state index in [1.165, 1.54) is 14.0 Å². The van der Waals surface area contributed by atoms with E-state index in [9.17, 15) is 23.6 Å². The van der Waals surface area contributed by atoms with Gasteiger partial charge in [-0.15, -0.1) is 0 Å². The zero-order valence-electron chi connectivity index (χ0n) is 10.3. The molecule has 1 rings (SSSR count). The summed E-state index contributed by atoms with van der Waals surface area (Å²) >= 11 is 5.78. The Labute approximate surface area is 115 Å². The first kappa shape index (κ1) is 15.8. The Bertz CT molecular complexity index is 588. The molecule has 1 atom stereocenters. The molecule has 106 valence electrons. The minimum atomic E-state index is -3.98. The second-order valence-corrected chi connectivity index (χ2v) is 6.43. The van der Waals surface area contributed by atoms with Gasteiger partial charge in [-0.3, -0.25) is 10.1 Å². The largest absolute Gasteiger partial charge is 0.392 e. The third-order valence-corrected chi connectivity index (χ3v) is 4.64. The van der Waals surface area contributed by atoms with E-state index >= 15 is 0 Å². The summed E-state index contributed by atoms with van der Waals surface area (Å²) in [5, 5.41) is 19.7. The first-order valence-electron chi connectivity index (χ1n) is 5.24. The molecule has 0 heterocycles. The van der Waals surface area contributed by atoms with E-state index in [1.807, 2.05) is 0 Å². The van der Waals surface area contributed by atoms with E-state index in [-0.39, 0.29) is 22.2 Å². The molecule has 0 aliphatic carbocycles. The van der Waals surface area contributed by atoms with Crippen molar-refractivity contribution in [3.05, 3.63) is 33.3 Å². The summed E-state index contributed by atoms with van der Waals surface area (Å²) in [6, 6.07) is 3.18. The first-order valence-corrected chi connectivity index (χ1v) is 7.06. The topological polar surface area (TPSA) is 101 Å². The van der Waals surface area contributed by atoms with Gasteiger partial charge in [-0.25, -0.2) is 8.42 Å². The minimum absolute atomic E-state index is 0.108. The van der Waals surface area contributed by atoms with Gasteiger partial charge in [0.1, 0.15) is 4.90 Å². The van der Waals surface area contributed by atoms with Crippen LogP contribution >= 0.6 is 11.6 Å². The van der Waals surface area contributed by atoms with Gasteiger partial charge in [-0.05, 0) is 13.0 Å². The van der Waals surface area contributed by atoms with Crippen molar-refractivity contribution in [1.82, 2.24) is 4.31 Å². The Morgan fingerprint density at radius 2 is 2.11 bits per heavy atom. The number of aliphatic hydroxyl groups is 1.